The molecule has 2 fully saturated rings. The molecule has 2 aliphatic rings. The summed E-state index contributed by atoms with van der Waals surface area (Å²) in [5.74, 6) is 0.618. The van der Waals surface area contributed by atoms with Gasteiger partial charge in [0, 0.05) is 36.8 Å². The minimum absolute atomic E-state index is 0.0286. The number of amides is 2. The fourth-order valence-corrected chi connectivity index (χ4v) is 4.24. The van der Waals surface area contributed by atoms with Crippen molar-refractivity contribution in [2.45, 2.75) is 57.5 Å². The van der Waals surface area contributed by atoms with Gasteiger partial charge in [-0.05, 0) is 57.7 Å². The van der Waals surface area contributed by atoms with Crippen molar-refractivity contribution in [2.75, 3.05) is 13.1 Å². The van der Waals surface area contributed by atoms with E-state index in [-0.39, 0.29) is 23.9 Å². The maximum absolute atomic E-state index is 13.2. The highest BCUT2D eigenvalue weighted by atomic mass is 16.3. The molecule has 0 bridgehead atoms. The number of carbonyl (C=O) groups is 2. The Kier molecular flexibility index (Phi) is 5.00. The summed E-state index contributed by atoms with van der Waals surface area (Å²) < 4.78 is 7.10. The predicted octanol–water partition coefficient (Wildman–Crippen LogP) is 3.52. The number of piperidine rings is 1. The van der Waals surface area contributed by atoms with Gasteiger partial charge in [0.25, 0.3) is 11.8 Å². The maximum Gasteiger partial charge on any atom is 0.289 e. The van der Waals surface area contributed by atoms with Crippen molar-refractivity contribution >= 4 is 22.8 Å². The van der Waals surface area contributed by atoms with Crippen LogP contribution in [0.2, 0.25) is 0 Å². The quantitative estimate of drug-likeness (QED) is 0.680. The number of hydrogen-bond donors (Lipinski definition) is 1. The summed E-state index contributed by atoms with van der Waals surface area (Å²) in [6, 6.07) is 5.54. The van der Waals surface area contributed by atoms with E-state index in [0.717, 1.165) is 29.6 Å². The van der Waals surface area contributed by atoms with E-state index < -0.39 is 0 Å². The van der Waals surface area contributed by atoms with Crippen LogP contribution >= 0.6 is 0 Å². The third kappa shape index (κ3) is 3.82. The molecule has 0 radical (unpaired) electrons. The van der Waals surface area contributed by atoms with Crippen LogP contribution in [0.1, 0.15) is 78.1 Å². The molecule has 0 atom stereocenters. The molecule has 1 aliphatic heterocycles. The highest BCUT2D eigenvalue weighted by Gasteiger charge is 2.30. The lowest BCUT2D eigenvalue weighted by atomic mass is 10.0. The molecule has 1 saturated carbocycles. The highest BCUT2D eigenvalue weighted by molar-refractivity contribution is 6.05. The predicted molar refractivity (Wildman–Crippen MR) is 115 cm³/mol. The molecule has 3 aromatic rings. The molecule has 8 heteroatoms. The molecule has 0 aromatic carbocycles. The fourth-order valence-electron chi connectivity index (χ4n) is 4.24. The minimum atomic E-state index is -0.0965. The Labute approximate surface area is 180 Å². The summed E-state index contributed by atoms with van der Waals surface area (Å²) in [6.45, 7) is 5.31. The van der Waals surface area contributed by atoms with Crippen molar-refractivity contribution in [1.82, 2.24) is 25.0 Å². The van der Waals surface area contributed by atoms with Gasteiger partial charge in [-0.25, -0.2) is 9.67 Å². The van der Waals surface area contributed by atoms with Crippen LogP contribution in [-0.4, -0.2) is 50.6 Å². The number of likely N-dealkylation sites (tertiary alicyclic amines) is 1. The maximum atomic E-state index is 13.2. The molecule has 0 spiro atoms. The van der Waals surface area contributed by atoms with Gasteiger partial charge in [0.2, 0.25) is 0 Å². The second-order valence-corrected chi connectivity index (χ2v) is 8.81. The van der Waals surface area contributed by atoms with E-state index in [4.69, 9.17) is 9.40 Å². The lowest BCUT2D eigenvalue weighted by Gasteiger charge is -2.32. The molecule has 1 saturated heterocycles. The van der Waals surface area contributed by atoms with E-state index in [2.05, 4.69) is 24.3 Å². The van der Waals surface area contributed by atoms with E-state index >= 15 is 0 Å². The van der Waals surface area contributed by atoms with Crippen LogP contribution in [0.5, 0.6) is 0 Å². The van der Waals surface area contributed by atoms with Crippen molar-refractivity contribution in [3.05, 3.63) is 47.7 Å². The van der Waals surface area contributed by atoms with E-state index in [1.54, 1.807) is 23.2 Å². The lowest BCUT2D eigenvalue weighted by molar-refractivity contribution is 0.0667. The van der Waals surface area contributed by atoms with Crippen molar-refractivity contribution in [1.29, 1.82) is 0 Å². The zero-order valence-corrected chi connectivity index (χ0v) is 17.9. The number of hydrogen-bond acceptors (Lipinski definition) is 5. The number of pyridine rings is 1. The first-order valence-electron chi connectivity index (χ1n) is 11.0. The zero-order valence-electron chi connectivity index (χ0n) is 17.9. The van der Waals surface area contributed by atoms with Crippen molar-refractivity contribution in [2.24, 2.45) is 0 Å². The molecule has 4 heterocycles. The number of nitrogens with one attached hydrogen (secondary N) is 1. The van der Waals surface area contributed by atoms with Gasteiger partial charge >= 0.3 is 0 Å². The van der Waals surface area contributed by atoms with Crippen molar-refractivity contribution < 1.29 is 14.0 Å². The molecule has 3 aromatic heterocycles. The molecule has 162 valence electrons. The summed E-state index contributed by atoms with van der Waals surface area (Å²) >= 11 is 0. The monoisotopic (exact) mass is 421 g/mol. The van der Waals surface area contributed by atoms with Crippen LogP contribution in [0.25, 0.3) is 11.0 Å². The summed E-state index contributed by atoms with van der Waals surface area (Å²) in [5.41, 5.74) is 2.41. The number of furan rings is 1. The summed E-state index contributed by atoms with van der Waals surface area (Å²) in [5, 5.41) is 8.45. The van der Waals surface area contributed by atoms with Gasteiger partial charge in [-0.1, -0.05) is 0 Å². The lowest BCUT2D eigenvalue weighted by Crippen LogP contribution is -2.46. The molecule has 31 heavy (non-hydrogen) atoms. The number of carbonyl (C=O) groups excluding carboxylic acids is 2. The topological polar surface area (TPSA) is 93.3 Å². The smallest absolute Gasteiger partial charge is 0.289 e. The van der Waals surface area contributed by atoms with Gasteiger partial charge in [-0.15, -0.1) is 0 Å². The third-order valence-electron chi connectivity index (χ3n) is 6.17. The first-order chi connectivity index (χ1) is 15.0. The van der Waals surface area contributed by atoms with E-state index in [1.165, 1.54) is 6.26 Å². The van der Waals surface area contributed by atoms with Gasteiger partial charge in [0.1, 0.15) is 0 Å². The van der Waals surface area contributed by atoms with Crippen LogP contribution in [-0.2, 0) is 0 Å². The zero-order chi connectivity index (χ0) is 21.5. The number of fused-ring (bicyclic) bond motifs is 1. The Bertz CT molecular complexity index is 1110. The molecule has 0 unspecified atom stereocenters. The average Bonchev–Trinajstić information content (AvgIpc) is 3.30. The summed E-state index contributed by atoms with van der Waals surface area (Å²) in [7, 11) is 0. The molecule has 2 amide bonds. The molecular formula is C23H27N5O3. The van der Waals surface area contributed by atoms with Gasteiger partial charge in [0.15, 0.2) is 11.4 Å². The minimum Gasteiger partial charge on any atom is -0.459 e. The summed E-state index contributed by atoms with van der Waals surface area (Å²) in [4.78, 5) is 32.3. The standard InChI is InChI=1S/C23H27N5O3/c1-14(2)28-21-18(13-24-28)17(12-19(26-21)15-5-6-15)22(29)25-16-7-9-27(10-8-16)23(30)20-4-3-11-31-20/h3-4,11-16H,5-10H2,1-2H3,(H,25,29). The van der Waals surface area contributed by atoms with Gasteiger partial charge in [0.05, 0.1) is 23.4 Å². The van der Waals surface area contributed by atoms with Crippen molar-refractivity contribution in [3.63, 3.8) is 0 Å². The van der Waals surface area contributed by atoms with Crippen LogP contribution in [0, 0.1) is 0 Å². The average molecular weight is 422 g/mol. The molecule has 5 rings (SSSR count). The van der Waals surface area contributed by atoms with Crippen molar-refractivity contribution in [3.8, 4) is 0 Å². The van der Waals surface area contributed by atoms with Crippen LogP contribution < -0.4 is 5.32 Å². The highest BCUT2D eigenvalue weighted by Crippen LogP contribution is 2.40. The van der Waals surface area contributed by atoms with Gasteiger partial charge in [-0.2, -0.15) is 5.10 Å². The van der Waals surface area contributed by atoms with Crippen LogP contribution in [0.15, 0.2) is 35.1 Å². The number of aromatic nitrogens is 3. The molecule has 1 N–H and O–H groups in total. The second-order valence-electron chi connectivity index (χ2n) is 8.81. The normalized spacial score (nSPS) is 17.5. The van der Waals surface area contributed by atoms with E-state index in [9.17, 15) is 9.59 Å². The Morgan fingerprint density at radius 3 is 2.61 bits per heavy atom. The number of nitrogens with zero attached hydrogens (tertiary/aromatic N) is 4. The second kappa shape index (κ2) is 7.83. The first kappa shape index (κ1) is 19.8. The SMILES string of the molecule is CC(C)n1ncc2c(C(=O)NC3CCN(C(=O)c4ccco4)CC3)cc(C3CC3)nc21. The fraction of sp³-hybridized carbons (Fsp3) is 0.478. The molecular weight excluding hydrogens is 394 g/mol. The van der Waals surface area contributed by atoms with Gasteiger partial charge in [-0.3, -0.25) is 9.59 Å². The Balaban J connectivity index is 1.31. The van der Waals surface area contributed by atoms with Crippen LogP contribution in [0.3, 0.4) is 0 Å². The first-order valence-corrected chi connectivity index (χ1v) is 11.0. The molecule has 1 aliphatic carbocycles. The van der Waals surface area contributed by atoms with E-state index in [0.29, 0.717) is 43.2 Å². The van der Waals surface area contributed by atoms with E-state index in [1.807, 2.05) is 10.7 Å². The Morgan fingerprint density at radius 1 is 1.19 bits per heavy atom. The Hall–Kier alpha value is -3.16. The summed E-state index contributed by atoms with van der Waals surface area (Å²) in [6.07, 6.45) is 6.93. The Morgan fingerprint density at radius 2 is 1.97 bits per heavy atom. The largest absolute Gasteiger partial charge is 0.459 e. The number of rotatable bonds is 5. The third-order valence-corrected chi connectivity index (χ3v) is 6.17. The van der Waals surface area contributed by atoms with Crippen LogP contribution in [0.4, 0.5) is 0 Å². The van der Waals surface area contributed by atoms with Gasteiger partial charge < -0.3 is 14.6 Å². The molecule has 8 nitrogen and oxygen atoms in total.